The Bertz CT molecular complexity index is 683. The van der Waals surface area contributed by atoms with Gasteiger partial charge in [-0.2, -0.15) is 10.1 Å². The van der Waals surface area contributed by atoms with Crippen LogP contribution in [0.2, 0.25) is 0 Å². The van der Waals surface area contributed by atoms with Gasteiger partial charge in [-0.1, -0.05) is 42.0 Å². The summed E-state index contributed by atoms with van der Waals surface area (Å²) in [6.07, 6.45) is 10.3. The summed E-state index contributed by atoms with van der Waals surface area (Å²) in [6, 6.07) is 10.4. The largest absolute Gasteiger partial charge is 0.353 e. The number of nitrogens with one attached hydrogen (secondary N) is 1. The standard InChI is InChI=1S/C20H27N5/c1-2-25(16-18-11-7-4-8-12-18)19-15-22-24-20(23-19)21-14-13-17-9-5-3-6-10-17/h4,7-9,11-12,15H,2-3,5-6,10,13-14,16H2,1H3,(H,21,23,24). The zero-order valence-corrected chi connectivity index (χ0v) is 15.0. The molecule has 1 aromatic heterocycles. The van der Waals surface area contributed by atoms with Gasteiger partial charge >= 0.3 is 0 Å². The summed E-state index contributed by atoms with van der Waals surface area (Å²) >= 11 is 0. The first kappa shape index (κ1) is 17.4. The minimum atomic E-state index is 0.612. The number of anilines is 2. The van der Waals surface area contributed by atoms with Crippen LogP contribution in [0.15, 0.2) is 48.2 Å². The molecule has 132 valence electrons. The fourth-order valence-electron chi connectivity index (χ4n) is 3.15. The lowest BCUT2D eigenvalue weighted by molar-refractivity contribution is 0.678. The summed E-state index contributed by atoms with van der Waals surface area (Å²) in [5.41, 5.74) is 2.82. The van der Waals surface area contributed by atoms with Gasteiger partial charge in [0.15, 0.2) is 5.82 Å². The molecule has 0 fully saturated rings. The van der Waals surface area contributed by atoms with Crippen molar-refractivity contribution in [2.75, 3.05) is 23.3 Å². The normalized spacial score (nSPS) is 14.0. The molecule has 0 aliphatic heterocycles. The maximum atomic E-state index is 4.64. The molecule has 5 nitrogen and oxygen atoms in total. The fraction of sp³-hybridized carbons (Fsp3) is 0.450. The molecule has 0 saturated heterocycles. The van der Waals surface area contributed by atoms with Crippen molar-refractivity contribution in [1.29, 1.82) is 0 Å². The zero-order valence-electron chi connectivity index (χ0n) is 15.0. The van der Waals surface area contributed by atoms with Crippen molar-refractivity contribution in [1.82, 2.24) is 15.2 Å². The van der Waals surface area contributed by atoms with Gasteiger partial charge in [-0.3, -0.25) is 0 Å². The Morgan fingerprint density at radius 3 is 2.80 bits per heavy atom. The summed E-state index contributed by atoms with van der Waals surface area (Å²) in [5, 5.41) is 11.6. The molecule has 0 spiro atoms. The Balaban J connectivity index is 1.58. The smallest absolute Gasteiger partial charge is 0.244 e. The Hall–Kier alpha value is -2.43. The highest BCUT2D eigenvalue weighted by molar-refractivity contribution is 5.41. The zero-order chi connectivity index (χ0) is 17.3. The van der Waals surface area contributed by atoms with Crippen LogP contribution in [0.5, 0.6) is 0 Å². The second-order valence-corrected chi connectivity index (χ2v) is 6.42. The predicted molar refractivity (Wildman–Crippen MR) is 103 cm³/mol. The molecule has 25 heavy (non-hydrogen) atoms. The van der Waals surface area contributed by atoms with Gasteiger partial charge in [0.2, 0.25) is 5.95 Å². The average Bonchev–Trinajstić information content (AvgIpc) is 2.68. The number of hydrogen-bond donors (Lipinski definition) is 1. The van der Waals surface area contributed by atoms with Gasteiger partial charge in [0.05, 0.1) is 6.20 Å². The van der Waals surface area contributed by atoms with E-state index in [9.17, 15) is 0 Å². The molecule has 1 aliphatic carbocycles. The highest BCUT2D eigenvalue weighted by atomic mass is 15.3. The van der Waals surface area contributed by atoms with Gasteiger partial charge in [-0.15, -0.1) is 5.10 Å². The van der Waals surface area contributed by atoms with Crippen molar-refractivity contribution in [2.45, 2.75) is 45.6 Å². The van der Waals surface area contributed by atoms with Crippen LogP contribution in [0, 0.1) is 0 Å². The van der Waals surface area contributed by atoms with Gasteiger partial charge in [-0.25, -0.2) is 0 Å². The molecule has 1 N–H and O–H groups in total. The molecular weight excluding hydrogens is 310 g/mol. The van der Waals surface area contributed by atoms with E-state index in [0.717, 1.165) is 31.9 Å². The van der Waals surface area contributed by atoms with Crippen molar-refractivity contribution in [2.24, 2.45) is 0 Å². The monoisotopic (exact) mass is 337 g/mol. The van der Waals surface area contributed by atoms with Crippen molar-refractivity contribution in [3.8, 4) is 0 Å². The number of rotatable bonds is 8. The first-order valence-electron chi connectivity index (χ1n) is 9.25. The van der Waals surface area contributed by atoms with Crippen molar-refractivity contribution >= 4 is 11.8 Å². The van der Waals surface area contributed by atoms with E-state index in [1.54, 1.807) is 11.8 Å². The second-order valence-electron chi connectivity index (χ2n) is 6.42. The van der Waals surface area contributed by atoms with Crippen LogP contribution >= 0.6 is 0 Å². The average molecular weight is 337 g/mol. The van der Waals surface area contributed by atoms with E-state index in [1.807, 2.05) is 6.07 Å². The van der Waals surface area contributed by atoms with E-state index in [4.69, 9.17) is 0 Å². The molecule has 0 unspecified atom stereocenters. The van der Waals surface area contributed by atoms with Crippen molar-refractivity contribution in [3.05, 3.63) is 53.7 Å². The van der Waals surface area contributed by atoms with Gasteiger partial charge in [0, 0.05) is 19.6 Å². The fourth-order valence-corrected chi connectivity index (χ4v) is 3.15. The third-order valence-electron chi connectivity index (χ3n) is 4.58. The summed E-state index contributed by atoms with van der Waals surface area (Å²) in [5.74, 6) is 1.47. The van der Waals surface area contributed by atoms with Crippen LogP contribution in [0.25, 0.3) is 0 Å². The lowest BCUT2D eigenvalue weighted by Gasteiger charge is -2.22. The Morgan fingerprint density at radius 1 is 1.16 bits per heavy atom. The van der Waals surface area contributed by atoms with Crippen LogP contribution in [-0.4, -0.2) is 28.3 Å². The Kier molecular flexibility index (Phi) is 6.37. The van der Waals surface area contributed by atoms with Gasteiger partial charge in [0.25, 0.3) is 0 Å². The van der Waals surface area contributed by atoms with Crippen molar-refractivity contribution in [3.63, 3.8) is 0 Å². The molecule has 1 aliphatic rings. The minimum Gasteiger partial charge on any atom is -0.353 e. The predicted octanol–water partition coefficient (Wildman–Crippen LogP) is 4.20. The number of aromatic nitrogens is 3. The Labute approximate surface area is 150 Å². The summed E-state index contributed by atoms with van der Waals surface area (Å²) in [4.78, 5) is 6.85. The second kappa shape index (κ2) is 9.16. The number of allylic oxidation sites excluding steroid dienone is 1. The highest BCUT2D eigenvalue weighted by Crippen LogP contribution is 2.20. The van der Waals surface area contributed by atoms with Crippen LogP contribution in [0.3, 0.4) is 0 Å². The van der Waals surface area contributed by atoms with Crippen LogP contribution in [0.4, 0.5) is 11.8 Å². The number of hydrogen-bond acceptors (Lipinski definition) is 5. The lowest BCUT2D eigenvalue weighted by Crippen LogP contribution is -2.24. The highest BCUT2D eigenvalue weighted by Gasteiger charge is 2.09. The Morgan fingerprint density at radius 2 is 2.04 bits per heavy atom. The molecule has 2 aromatic rings. The molecular formula is C20H27N5. The number of nitrogens with zero attached hydrogens (tertiary/aromatic N) is 4. The maximum absolute atomic E-state index is 4.64. The van der Waals surface area contributed by atoms with Crippen LogP contribution in [0.1, 0.15) is 44.6 Å². The third-order valence-corrected chi connectivity index (χ3v) is 4.58. The molecule has 0 saturated carbocycles. The molecule has 5 heteroatoms. The third kappa shape index (κ3) is 5.28. The molecule has 3 rings (SSSR count). The number of benzene rings is 1. The summed E-state index contributed by atoms with van der Waals surface area (Å²) in [7, 11) is 0. The van der Waals surface area contributed by atoms with Crippen LogP contribution in [-0.2, 0) is 6.54 Å². The van der Waals surface area contributed by atoms with E-state index in [1.165, 1.54) is 31.2 Å². The molecule has 0 bridgehead atoms. The van der Waals surface area contributed by atoms with Gasteiger partial charge < -0.3 is 10.2 Å². The topological polar surface area (TPSA) is 53.9 Å². The quantitative estimate of drug-likeness (QED) is 0.732. The van der Waals surface area contributed by atoms with E-state index in [0.29, 0.717) is 5.95 Å². The molecule has 0 radical (unpaired) electrons. The lowest BCUT2D eigenvalue weighted by atomic mass is 9.97. The molecule has 0 atom stereocenters. The van der Waals surface area contributed by atoms with E-state index in [-0.39, 0.29) is 0 Å². The van der Waals surface area contributed by atoms with Gasteiger partial charge in [-0.05, 0) is 44.6 Å². The van der Waals surface area contributed by atoms with E-state index < -0.39 is 0 Å². The van der Waals surface area contributed by atoms with E-state index in [2.05, 4.69) is 62.7 Å². The molecule has 0 amide bonds. The molecule has 1 heterocycles. The minimum absolute atomic E-state index is 0.612. The SMILES string of the molecule is CCN(Cc1ccccc1)c1cnnc(NCCC2=CCCCC2)n1. The summed E-state index contributed by atoms with van der Waals surface area (Å²) < 4.78 is 0. The first-order valence-corrected chi connectivity index (χ1v) is 9.25. The first-order chi connectivity index (χ1) is 12.3. The van der Waals surface area contributed by atoms with Gasteiger partial charge in [0.1, 0.15) is 0 Å². The van der Waals surface area contributed by atoms with Crippen LogP contribution < -0.4 is 10.2 Å². The van der Waals surface area contributed by atoms with E-state index >= 15 is 0 Å². The molecule has 1 aromatic carbocycles. The van der Waals surface area contributed by atoms with Crippen molar-refractivity contribution < 1.29 is 0 Å². The summed E-state index contributed by atoms with van der Waals surface area (Å²) in [6.45, 7) is 4.69. The maximum Gasteiger partial charge on any atom is 0.244 e.